The summed E-state index contributed by atoms with van der Waals surface area (Å²) in [7, 11) is 0. The molecule has 0 radical (unpaired) electrons. The predicted molar refractivity (Wildman–Crippen MR) is 105 cm³/mol. The maximum atomic E-state index is 12.5. The summed E-state index contributed by atoms with van der Waals surface area (Å²) in [5, 5.41) is 3.41. The van der Waals surface area contributed by atoms with E-state index in [4.69, 9.17) is 0 Å². The molecule has 3 rings (SSSR count). The zero-order valence-electron chi connectivity index (χ0n) is 15.7. The molecule has 2 saturated heterocycles. The summed E-state index contributed by atoms with van der Waals surface area (Å²) in [5.74, 6) is 0.309. The van der Waals surface area contributed by atoms with Crippen LogP contribution in [0, 0.1) is 0 Å². The zero-order valence-corrected chi connectivity index (χ0v) is 15.7. The molecule has 4 heteroatoms. The average Bonchev–Trinajstić information content (AvgIpc) is 2.69. The minimum atomic E-state index is 0.309. The van der Waals surface area contributed by atoms with E-state index in [2.05, 4.69) is 46.3 Å². The van der Waals surface area contributed by atoms with Gasteiger partial charge in [0.15, 0.2) is 0 Å². The second-order valence-corrected chi connectivity index (χ2v) is 7.42. The van der Waals surface area contributed by atoms with Gasteiger partial charge in [0.2, 0.25) is 5.91 Å². The van der Waals surface area contributed by atoms with Crippen LogP contribution in [0.3, 0.4) is 0 Å². The maximum Gasteiger partial charge on any atom is 0.224 e. The van der Waals surface area contributed by atoms with Crippen molar-refractivity contribution < 1.29 is 4.79 Å². The summed E-state index contributed by atoms with van der Waals surface area (Å²) in [6, 6.07) is 9.15. The highest BCUT2D eigenvalue weighted by Crippen LogP contribution is 2.22. The van der Waals surface area contributed by atoms with Crippen molar-refractivity contribution in [3.63, 3.8) is 0 Å². The van der Waals surface area contributed by atoms with Gasteiger partial charge in [-0.05, 0) is 69.2 Å². The lowest BCUT2D eigenvalue weighted by Gasteiger charge is -2.35. The van der Waals surface area contributed by atoms with Crippen LogP contribution >= 0.6 is 0 Å². The molecule has 2 heterocycles. The third-order valence-corrected chi connectivity index (χ3v) is 5.68. The molecule has 1 unspecified atom stereocenters. The largest absolute Gasteiger partial charge is 0.385 e. The van der Waals surface area contributed by atoms with Crippen molar-refractivity contribution in [1.29, 1.82) is 0 Å². The number of hydrogen-bond acceptors (Lipinski definition) is 3. The van der Waals surface area contributed by atoms with E-state index >= 15 is 0 Å². The average molecular weight is 344 g/mol. The van der Waals surface area contributed by atoms with Gasteiger partial charge in [-0.1, -0.05) is 6.92 Å². The van der Waals surface area contributed by atoms with E-state index < -0.39 is 0 Å². The zero-order chi connectivity index (χ0) is 17.5. The highest BCUT2D eigenvalue weighted by Gasteiger charge is 2.24. The fourth-order valence-electron chi connectivity index (χ4n) is 4.15. The molecular weight excluding hydrogens is 310 g/mol. The van der Waals surface area contributed by atoms with E-state index in [-0.39, 0.29) is 0 Å². The number of hydrogen-bond donors (Lipinski definition) is 1. The highest BCUT2D eigenvalue weighted by atomic mass is 16.2. The topological polar surface area (TPSA) is 35.6 Å². The summed E-state index contributed by atoms with van der Waals surface area (Å²) in [4.78, 5) is 17.1. The number of nitrogens with one attached hydrogen (secondary N) is 1. The smallest absolute Gasteiger partial charge is 0.224 e. The molecule has 0 bridgehead atoms. The molecule has 1 N–H and O–H groups in total. The molecule has 0 saturated carbocycles. The second kappa shape index (κ2) is 9.12. The van der Waals surface area contributed by atoms with E-state index in [0.29, 0.717) is 18.4 Å². The van der Waals surface area contributed by atoms with Gasteiger partial charge < -0.3 is 15.1 Å². The molecule has 1 atom stereocenters. The number of carbonyl (C=O) groups excluding carboxylic acids is 1. The molecule has 1 amide bonds. The van der Waals surface area contributed by atoms with Crippen molar-refractivity contribution in [2.24, 2.45) is 0 Å². The van der Waals surface area contributed by atoms with Crippen LogP contribution in [0.1, 0.15) is 58.3 Å². The third-order valence-electron chi connectivity index (χ3n) is 5.68. The van der Waals surface area contributed by atoms with Crippen LogP contribution in [-0.2, 0) is 4.79 Å². The van der Waals surface area contributed by atoms with Gasteiger partial charge in [-0.2, -0.15) is 0 Å². The number of amides is 1. The van der Waals surface area contributed by atoms with Crippen molar-refractivity contribution in [1.82, 2.24) is 4.90 Å². The third kappa shape index (κ3) is 4.90. The number of piperidine rings is 2. The lowest BCUT2D eigenvalue weighted by atomic mass is 9.99. The monoisotopic (exact) mass is 343 g/mol. The van der Waals surface area contributed by atoms with Crippen molar-refractivity contribution in [3.05, 3.63) is 24.3 Å². The van der Waals surface area contributed by atoms with Crippen LogP contribution in [0.2, 0.25) is 0 Å². The number of anilines is 2. The van der Waals surface area contributed by atoms with Crippen LogP contribution in [0.25, 0.3) is 0 Å². The quantitative estimate of drug-likeness (QED) is 0.838. The van der Waals surface area contributed by atoms with Gasteiger partial charge in [-0.25, -0.2) is 0 Å². The van der Waals surface area contributed by atoms with Gasteiger partial charge in [0.25, 0.3) is 0 Å². The van der Waals surface area contributed by atoms with E-state index in [0.717, 1.165) is 31.6 Å². The Morgan fingerprint density at radius 2 is 1.76 bits per heavy atom. The first-order valence-electron chi connectivity index (χ1n) is 10.2. The molecule has 138 valence electrons. The summed E-state index contributed by atoms with van der Waals surface area (Å²) in [5.41, 5.74) is 2.43. The summed E-state index contributed by atoms with van der Waals surface area (Å²) in [6.45, 7) is 6.21. The van der Waals surface area contributed by atoms with Crippen molar-refractivity contribution in [2.75, 3.05) is 36.4 Å². The van der Waals surface area contributed by atoms with Crippen molar-refractivity contribution in [2.45, 2.75) is 64.3 Å². The highest BCUT2D eigenvalue weighted by molar-refractivity contribution is 5.77. The minimum Gasteiger partial charge on any atom is -0.385 e. The molecule has 25 heavy (non-hydrogen) atoms. The van der Waals surface area contributed by atoms with Crippen LogP contribution in [0.5, 0.6) is 0 Å². The normalized spacial score (nSPS) is 21.2. The number of likely N-dealkylation sites (tertiary alicyclic amines) is 1. The maximum absolute atomic E-state index is 12.5. The van der Waals surface area contributed by atoms with Crippen molar-refractivity contribution >= 4 is 17.3 Å². The van der Waals surface area contributed by atoms with Gasteiger partial charge in [-0.3, -0.25) is 4.79 Å². The Hall–Kier alpha value is -1.71. The standard InChI is InChI=1S/C21H33N3O/c1-2-19-8-4-7-17-24(19)21(25)13-14-22-18-9-11-20(12-10-18)23-15-5-3-6-16-23/h9-12,19,22H,2-8,13-17H2,1H3. The van der Waals surface area contributed by atoms with Gasteiger partial charge in [0.1, 0.15) is 0 Å². The number of carbonyl (C=O) groups is 1. The van der Waals surface area contributed by atoms with Crippen LogP contribution in [-0.4, -0.2) is 43.0 Å². The van der Waals surface area contributed by atoms with Crippen LogP contribution in [0.15, 0.2) is 24.3 Å². The predicted octanol–water partition coefficient (Wildman–Crippen LogP) is 4.27. The van der Waals surface area contributed by atoms with Crippen LogP contribution in [0.4, 0.5) is 11.4 Å². The summed E-state index contributed by atoms with van der Waals surface area (Å²) < 4.78 is 0. The van der Waals surface area contributed by atoms with E-state index in [1.807, 2.05) is 0 Å². The van der Waals surface area contributed by atoms with Crippen LogP contribution < -0.4 is 10.2 Å². The molecule has 0 aliphatic carbocycles. The Morgan fingerprint density at radius 3 is 2.48 bits per heavy atom. The van der Waals surface area contributed by atoms with E-state index in [1.54, 1.807) is 0 Å². The number of benzene rings is 1. The van der Waals surface area contributed by atoms with E-state index in [1.165, 1.54) is 50.9 Å². The Balaban J connectivity index is 1.44. The summed E-state index contributed by atoms with van der Waals surface area (Å²) in [6.07, 6.45) is 9.24. The van der Waals surface area contributed by atoms with Gasteiger partial charge in [-0.15, -0.1) is 0 Å². The summed E-state index contributed by atoms with van der Waals surface area (Å²) >= 11 is 0. The molecule has 2 aliphatic rings. The molecule has 2 aliphatic heterocycles. The molecule has 0 spiro atoms. The first kappa shape index (κ1) is 18.1. The Kier molecular flexibility index (Phi) is 6.60. The van der Waals surface area contributed by atoms with Crippen molar-refractivity contribution in [3.8, 4) is 0 Å². The van der Waals surface area contributed by atoms with Gasteiger partial charge in [0, 0.05) is 50.0 Å². The molecule has 1 aromatic rings. The SMILES string of the molecule is CCC1CCCCN1C(=O)CCNc1ccc(N2CCCCC2)cc1. The van der Waals surface area contributed by atoms with Gasteiger partial charge >= 0.3 is 0 Å². The van der Waals surface area contributed by atoms with Gasteiger partial charge in [0.05, 0.1) is 0 Å². The first-order valence-corrected chi connectivity index (χ1v) is 10.2. The number of rotatable bonds is 6. The fraction of sp³-hybridized carbons (Fsp3) is 0.667. The Bertz CT molecular complexity index is 537. The first-order chi connectivity index (χ1) is 12.3. The Morgan fingerprint density at radius 1 is 1.04 bits per heavy atom. The lowest BCUT2D eigenvalue weighted by Crippen LogP contribution is -2.43. The van der Waals surface area contributed by atoms with E-state index in [9.17, 15) is 4.79 Å². The fourth-order valence-corrected chi connectivity index (χ4v) is 4.15. The molecular formula is C21H33N3O. The lowest BCUT2D eigenvalue weighted by molar-refractivity contribution is -0.134. The molecule has 2 fully saturated rings. The number of nitrogens with zero attached hydrogens (tertiary/aromatic N) is 2. The molecule has 0 aromatic heterocycles. The second-order valence-electron chi connectivity index (χ2n) is 7.42. The Labute approximate surface area is 152 Å². The molecule has 4 nitrogen and oxygen atoms in total. The molecule has 1 aromatic carbocycles. The minimum absolute atomic E-state index is 0.309.